The third kappa shape index (κ3) is 3.75. The van der Waals surface area contributed by atoms with E-state index in [-0.39, 0.29) is 0 Å². The monoisotopic (exact) mass is 198 g/mol. The van der Waals surface area contributed by atoms with Crippen molar-refractivity contribution in [3.05, 3.63) is 38.9 Å². The Labute approximate surface area is 82.3 Å². The number of nitrogen functional groups attached to an aromatic ring is 1. The Balaban J connectivity index is 0.000000364. The standard InChI is InChI=1S/C9H13N.HNO3/c1-6-4-5-9(10)8(3)7(6)2;2-1(3)4/h4-5H,10H2,1-3H3;(H,2,3,4). The second-order valence-electron chi connectivity index (χ2n) is 2.96. The molecule has 0 aromatic heterocycles. The van der Waals surface area contributed by atoms with Crippen LogP contribution in [0.25, 0.3) is 0 Å². The molecule has 5 nitrogen and oxygen atoms in total. The van der Waals surface area contributed by atoms with Crippen LogP contribution in [-0.2, 0) is 0 Å². The average molecular weight is 198 g/mol. The van der Waals surface area contributed by atoms with E-state index in [0.717, 1.165) is 5.69 Å². The molecular formula is C9H14N2O3. The lowest BCUT2D eigenvalue weighted by Gasteiger charge is -2.05. The van der Waals surface area contributed by atoms with Crippen LogP contribution in [0.4, 0.5) is 5.69 Å². The molecule has 78 valence electrons. The lowest BCUT2D eigenvalue weighted by atomic mass is 10.0. The van der Waals surface area contributed by atoms with Gasteiger partial charge in [0.15, 0.2) is 0 Å². The highest BCUT2D eigenvalue weighted by atomic mass is 16.9. The van der Waals surface area contributed by atoms with E-state index in [1.54, 1.807) is 0 Å². The van der Waals surface area contributed by atoms with Gasteiger partial charge in [-0.25, -0.2) is 0 Å². The Morgan fingerprint density at radius 3 is 2.07 bits per heavy atom. The molecule has 0 saturated heterocycles. The number of rotatable bonds is 0. The van der Waals surface area contributed by atoms with Gasteiger partial charge < -0.3 is 10.9 Å². The molecule has 0 aliphatic rings. The van der Waals surface area contributed by atoms with Crippen LogP contribution in [0.2, 0.25) is 0 Å². The summed E-state index contributed by atoms with van der Waals surface area (Å²) < 4.78 is 0. The Morgan fingerprint density at radius 2 is 1.71 bits per heavy atom. The van der Waals surface area contributed by atoms with Gasteiger partial charge in [0.1, 0.15) is 0 Å². The van der Waals surface area contributed by atoms with Gasteiger partial charge in [0, 0.05) is 5.69 Å². The van der Waals surface area contributed by atoms with E-state index in [9.17, 15) is 0 Å². The van der Waals surface area contributed by atoms with Gasteiger partial charge in [-0.15, -0.1) is 10.1 Å². The first kappa shape index (κ1) is 12.2. The highest BCUT2D eigenvalue weighted by molar-refractivity contribution is 5.52. The quantitative estimate of drug-likeness (QED) is 0.378. The fourth-order valence-electron chi connectivity index (χ4n) is 0.977. The van der Waals surface area contributed by atoms with Gasteiger partial charge >= 0.3 is 0 Å². The first-order chi connectivity index (χ1) is 6.36. The predicted octanol–water partition coefficient (Wildman–Crippen LogP) is 1.85. The van der Waals surface area contributed by atoms with Crippen LogP contribution >= 0.6 is 0 Å². The zero-order valence-corrected chi connectivity index (χ0v) is 8.44. The highest BCUT2D eigenvalue weighted by Crippen LogP contribution is 2.17. The molecule has 0 heterocycles. The van der Waals surface area contributed by atoms with Crippen LogP contribution in [0, 0.1) is 30.9 Å². The Hall–Kier alpha value is -1.78. The average Bonchev–Trinajstić information content (AvgIpc) is 2.07. The lowest BCUT2D eigenvalue weighted by molar-refractivity contribution is -0.742. The molecule has 1 aromatic carbocycles. The van der Waals surface area contributed by atoms with Crippen molar-refractivity contribution in [2.75, 3.05) is 5.73 Å². The number of anilines is 1. The number of nitrogens with two attached hydrogens (primary N) is 1. The van der Waals surface area contributed by atoms with Crippen LogP contribution in [0.5, 0.6) is 0 Å². The summed E-state index contributed by atoms with van der Waals surface area (Å²) in [6.07, 6.45) is 0. The maximum atomic E-state index is 8.36. The number of hydrogen-bond donors (Lipinski definition) is 2. The minimum absolute atomic E-state index is 0.892. The van der Waals surface area contributed by atoms with Crippen LogP contribution in [0.15, 0.2) is 12.1 Å². The largest absolute Gasteiger partial charge is 0.399 e. The zero-order chi connectivity index (χ0) is 11.3. The van der Waals surface area contributed by atoms with Crippen molar-refractivity contribution in [1.82, 2.24) is 0 Å². The topological polar surface area (TPSA) is 89.4 Å². The van der Waals surface area contributed by atoms with Crippen molar-refractivity contribution < 1.29 is 10.3 Å². The number of aryl methyl sites for hydroxylation is 1. The highest BCUT2D eigenvalue weighted by Gasteiger charge is 1.98. The van der Waals surface area contributed by atoms with Gasteiger partial charge in [0.25, 0.3) is 5.09 Å². The molecule has 3 N–H and O–H groups in total. The normalized spacial score (nSPS) is 8.79. The van der Waals surface area contributed by atoms with Crippen LogP contribution in [-0.4, -0.2) is 10.3 Å². The molecule has 0 atom stereocenters. The number of hydrogen-bond acceptors (Lipinski definition) is 3. The molecule has 0 radical (unpaired) electrons. The Bertz CT molecular complexity index is 306. The summed E-state index contributed by atoms with van der Waals surface area (Å²) in [5, 5.41) is 13.6. The van der Waals surface area contributed by atoms with Crippen molar-refractivity contribution in [3.8, 4) is 0 Å². The fraction of sp³-hybridized carbons (Fsp3) is 0.333. The molecule has 0 amide bonds. The second kappa shape index (κ2) is 5.06. The summed E-state index contributed by atoms with van der Waals surface area (Å²) in [4.78, 5) is 8.36. The van der Waals surface area contributed by atoms with Crippen LogP contribution in [0.1, 0.15) is 16.7 Å². The Kier molecular flexibility index (Phi) is 4.42. The van der Waals surface area contributed by atoms with Gasteiger partial charge in [0.05, 0.1) is 0 Å². The second-order valence-corrected chi connectivity index (χ2v) is 2.96. The summed E-state index contributed by atoms with van der Waals surface area (Å²) in [6.45, 7) is 6.25. The predicted molar refractivity (Wildman–Crippen MR) is 53.8 cm³/mol. The molecule has 0 aliphatic heterocycles. The molecule has 5 heteroatoms. The summed E-state index contributed by atoms with van der Waals surface area (Å²) in [5.74, 6) is 0. The van der Waals surface area contributed by atoms with Crippen molar-refractivity contribution in [2.45, 2.75) is 20.8 Å². The molecule has 1 rings (SSSR count). The molecule has 1 aromatic rings. The van der Waals surface area contributed by atoms with Crippen molar-refractivity contribution in [1.29, 1.82) is 0 Å². The SMILES string of the molecule is Cc1ccc(N)c(C)c1C.O=[N+]([O-])O. The first-order valence-corrected chi connectivity index (χ1v) is 4.01. The molecule has 0 bridgehead atoms. The van der Waals surface area contributed by atoms with Crippen LogP contribution in [0.3, 0.4) is 0 Å². The van der Waals surface area contributed by atoms with E-state index in [0.29, 0.717) is 0 Å². The lowest BCUT2D eigenvalue weighted by Crippen LogP contribution is -1.93. The Morgan fingerprint density at radius 1 is 1.29 bits per heavy atom. The van der Waals surface area contributed by atoms with Gasteiger partial charge in [-0.2, -0.15) is 0 Å². The minimum atomic E-state index is -1.50. The molecule has 0 unspecified atom stereocenters. The number of nitrogens with zero attached hydrogens (tertiary/aromatic N) is 1. The maximum Gasteiger partial charge on any atom is 0.291 e. The van der Waals surface area contributed by atoms with Crippen LogP contribution < -0.4 is 5.73 Å². The van der Waals surface area contributed by atoms with E-state index >= 15 is 0 Å². The van der Waals surface area contributed by atoms with E-state index in [2.05, 4.69) is 26.8 Å². The minimum Gasteiger partial charge on any atom is -0.399 e. The summed E-state index contributed by atoms with van der Waals surface area (Å²) in [7, 11) is 0. The van der Waals surface area contributed by atoms with Crippen molar-refractivity contribution in [2.24, 2.45) is 0 Å². The molecular weight excluding hydrogens is 184 g/mol. The van der Waals surface area contributed by atoms with Gasteiger partial charge in [-0.05, 0) is 43.5 Å². The van der Waals surface area contributed by atoms with Gasteiger partial charge in [-0.1, -0.05) is 6.07 Å². The summed E-state index contributed by atoms with van der Waals surface area (Å²) >= 11 is 0. The van der Waals surface area contributed by atoms with E-state index in [1.807, 2.05) is 6.07 Å². The number of benzene rings is 1. The van der Waals surface area contributed by atoms with Crippen molar-refractivity contribution >= 4 is 5.69 Å². The fourth-order valence-corrected chi connectivity index (χ4v) is 0.977. The summed E-state index contributed by atoms with van der Waals surface area (Å²) in [5.41, 5.74) is 10.4. The summed E-state index contributed by atoms with van der Waals surface area (Å²) in [6, 6.07) is 4.01. The van der Waals surface area contributed by atoms with E-state index in [4.69, 9.17) is 21.1 Å². The third-order valence-corrected chi connectivity index (χ3v) is 2.10. The molecule has 0 spiro atoms. The smallest absolute Gasteiger partial charge is 0.291 e. The third-order valence-electron chi connectivity index (χ3n) is 2.10. The van der Waals surface area contributed by atoms with E-state index in [1.165, 1.54) is 16.7 Å². The van der Waals surface area contributed by atoms with Gasteiger partial charge in [0.2, 0.25) is 0 Å². The molecule has 0 saturated carbocycles. The van der Waals surface area contributed by atoms with Crippen molar-refractivity contribution in [3.63, 3.8) is 0 Å². The zero-order valence-electron chi connectivity index (χ0n) is 8.44. The maximum absolute atomic E-state index is 8.36. The van der Waals surface area contributed by atoms with Gasteiger partial charge in [-0.3, -0.25) is 0 Å². The molecule has 0 aliphatic carbocycles. The molecule has 0 fully saturated rings. The first-order valence-electron chi connectivity index (χ1n) is 4.01. The van der Waals surface area contributed by atoms with E-state index < -0.39 is 5.09 Å². The molecule has 14 heavy (non-hydrogen) atoms.